The average Bonchev–Trinajstić information content (AvgIpc) is 2.44. The number of nitrogens with one attached hydrogen (secondary N) is 1. The van der Waals surface area contributed by atoms with Crippen LogP contribution < -0.4 is 5.32 Å². The van der Waals surface area contributed by atoms with Crippen molar-refractivity contribution >= 4 is 23.6 Å². The first-order chi connectivity index (χ1) is 9.12. The van der Waals surface area contributed by atoms with E-state index in [1.54, 1.807) is 28.8 Å². The van der Waals surface area contributed by atoms with Crippen LogP contribution in [0.25, 0.3) is 0 Å². The van der Waals surface area contributed by atoms with Gasteiger partial charge in [0.25, 0.3) is 5.91 Å². The number of hydrogen-bond acceptors (Lipinski definition) is 3. The Labute approximate surface area is 118 Å². The van der Waals surface area contributed by atoms with Gasteiger partial charge in [0, 0.05) is 23.5 Å². The third-order valence-corrected chi connectivity index (χ3v) is 3.46. The smallest absolute Gasteiger partial charge is 0.254 e. The van der Waals surface area contributed by atoms with Gasteiger partial charge in [-0.05, 0) is 44.4 Å². The van der Waals surface area contributed by atoms with Gasteiger partial charge in [-0.2, -0.15) is 0 Å². The molecule has 0 saturated carbocycles. The third kappa shape index (κ3) is 4.59. The van der Waals surface area contributed by atoms with E-state index in [1.165, 1.54) is 0 Å². The highest BCUT2D eigenvalue weighted by Crippen LogP contribution is 2.15. The molecule has 104 valence electrons. The summed E-state index contributed by atoms with van der Waals surface area (Å²) in [5.74, 6) is -0.236. The lowest BCUT2D eigenvalue weighted by molar-refractivity contribution is -0.121. The molecule has 4 nitrogen and oxygen atoms in total. The number of amides is 2. The molecular formula is C14H20N2O2S. The van der Waals surface area contributed by atoms with Crippen LogP contribution in [0.15, 0.2) is 29.2 Å². The summed E-state index contributed by atoms with van der Waals surface area (Å²) in [5.41, 5.74) is 0.615. The summed E-state index contributed by atoms with van der Waals surface area (Å²) in [6, 6.07) is 7.43. The van der Waals surface area contributed by atoms with Gasteiger partial charge >= 0.3 is 0 Å². The normalized spacial score (nSPS) is 10.1. The lowest BCUT2D eigenvalue weighted by Crippen LogP contribution is -2.40. The maximum atomic E-state index is 12.3. The summed E-state index contributed by atoms with van der Waals surface area (Å²) in [5, 5.41) is 2.70. The molecular weight excluding hydrogens is 260 g/mol. The molecule has 2 amide bonds. The van der Waals surface area contributed by atoms with Gasteiger partial charge in [-0.15, -0.1) is 11.8 Å². The summed E-state index contributed by atoms with van der Waals surface area (Å²) in [4.78, 5) is 26.4. The molecule has 0 aliphatic carbocycles. The maximum absolute atomic E-state index is 12.3. The molecule has 5 heteroatoms. The second-order valence-corrected chi connectivity index (χ2v) is 4.88. The molecule has 1 N–H and O–H groups in total. The molecule has 0 atom stereocenters. The van der Waals surface area contributed by atoms with Crippen LogP contribution in [0.2, 0.25) is 0 Å². The lowest BCUT2D eigenvalue weighted by atomic mass is 10.2. The Balaban J connectivity index is 2.74. The molecule has 1 rings (SSSR count). The zero-order chi connectivity index (χ0) is 14.3. The topological polar surface area (TPSA) is 49.4 Å². The van der Waals surface area contributed by atoms with Gasteiger partial charge in [-0.1, -0.05) is 0 Å². The minimum absolute atomic E-state index is 0.105. The standard InChI is InChI=1S/C14H20N2O2S/c1-4-15-13(17)10-16(5-2)14(18)11-6-8-12(19-3)9-7-11/h6-9H,4-5,10H2,1-3H3,(H,15,17). The van der Waals surface area contributed by atoms with Crippen LogP contribution in [0, 0.1) is 0 Å². The second-order valence-electron chi connectivity index (χ2n) is 4.00. The quantitative estimate of drug-likeness (QED) is 0.811. The van der Waals surface area contributed by atoms with Crippen LogP contribution >= 0.6 is 11.8 Å². The number of carbonyl (C=O) groups is 2. The van der Waals surface area contributed by atoms with Crippen molar-refractivity contribution in [1.29, 1.82) is 0 Å². The van der Waals surface area contributed by atoms with Gasteiger partial charge in [0.1, 0.15) is 0 Å². The van der Waals surface area contributed by atoms with E-state index in [0.29, 0.717) is 18.7 Å². The molecule has 0 saturated heterocycles. The molecule has 0 radical (unpaired) electrons. The van der Waals surface area contributed by atoms with E-state index in [2.05, 4.69) is 5.32 Å². The van der Waals surface area contributed by atoms with Gasteiger partial charge in [0.05, 0.1) is 6.54 Å². The summed E-state index contributed by atoms with van der Waals surface area (Å²) >= 11 is 1.63. The van der Waals surface area contributed by atoms with Gasteiger partial charge < -0.3 is 10.2 Å². The Hall–Kier alpha value is -1.49. The molecule has 0 aromatic heterocycles. The van der Waals surface area contributed by atoms with Gasteiger partial charge in [0.2, 0.25) is 5.91 Å². The van der Waals surface area contributed by atoms with Crippen molar-refractivity contribution in [3.63, 3.8) is 0 Å². The van der Waals surface area contributed by atoms with Crippen molar-refractivity contribution < 1.29 is 9.59 Å². The lowest BCUT2D eigenvalue weighted by Gasteiger charge is -2.20. The number of hydrogen-bond donors (Lipinski definition) is 1. The van der Waals surface area contributed by atoms with Crippen molar-refractivity contribution in [3.8, 4) is 0 Å². The maximum Gasteiger partial charge on any atom is 0.254 e. The van der Waals surface area contributed by atoms with E-state index >= 15 is 0 Å². The summed E-state index contributed by atoms with van der Waals surface area (Å²) in [6.07, 6.45) is 1.99. The fourth-order valence-electron chi connectivity index (χ4n) is 1.67. The highest BCUT2D eigenvalue weighted by molar-refractivity contribution is 7.98. The minimum atomic E-state index is -0.126. The van der Waals surface area contributed by atoms with Crippen LogP contribution in [0.1, 0.15) is 24.2 Å². The van der Waals surface area contributed by atoms with Gasteiger partial charge in [-0.3, -0.25) is 9.59 Å². The van der Waals surface area contributed by atoms with Crippen molar-refractivity contribution in [1.82, 2.24) is 10.2 Å². The Morgan fingerprint density at radius 1 is 1.21 bits per heavy atom. The largest absolute Gasteiger partial charge is 0.355 e. The van der Waals surface area contributed by atoms with Crippen LogP contribution in [0.3, 0.4) is 0 Å². The molecule has 0 unspecified atom stereocenters. The van der Waals surface area contributed by atoms with Crippen LogP contribution in [-0.4, -0.2) is 42.6 Å². The number of rotatable bonds is 6. The van der Waals surface area contributed by atoms with E-state index in [1.807, 2.05) is 32.2 Å². The predicted molar refractivity (Wildman–Crippen MR) is 78.5 cm³/mol. The van der Waals surface area contributed by atoms with Crippen molar-refractivity contribution in [3.05, 3.63) is 29.8 Å². The van der Waals surface area contributed by atoms with Gasteiger partial charge in [-0.25, -0.2) is 0 Å². The molecule has 0 aliphatic rings. The predicted octanol–water partition coefficient (Wildman–Crippen LogP) is 2.01. The van der Waals surface area contributed by atoms with E-state index < -0.39 is 0 Å². The molecule has 1 aromatic carbocycles. The Bertz CT molecular complexity index is 432. The number of nitrogens with zero attached hydrogens (tertiary/aromatic N) is 1. The fraction of sp³-hybridized carbons (Fsp3) is 0.429. The van der Waals surface area contributed by atoms with Crippen LogP contribution in [0.4, 0.5) is 0 Å². The average molecular weight is 280 g/mol. The monoisotopic (exact) mass is 280 g/mol. The molecule has 19 heavy (non-hydrogen) atoms. The summed E-state index contributed by atoms with van der Waals surface area (Å²) in [6.45, 7) is 4.92. The molecule has 0 bridgehead atoms. The molecule has 0 heterocycles. The number of benzene rings is 1. The van der Waals surface area contributed by atoms with Crippen molar-refractivity contribution in [2.75, 3.05) is 25.9 Å². The van der Waals surface area contributed by atoms with Crippen molar-refractivity contribution in [2.45, 2.75) is 18.7 Å². The van der Waals surface area contributed by atoms with Gasteiger partial charge in [0.15, 0.2) is 0 Å². The second kappa shape index (κ2) is 7.84. The zero-order valence-electron chi connectivity index (χ0n) is 11.6. The van der Waals surface area contributed by atoms with E-state index in [-0.39, 0.29) is 18.4 Å². The number of carbonyl (C=O) groups excluding carboxylic acids is 2. The highest BCUT2D eigenvalue weighted by atomic mass is 32.2. The first-order valence-corrected chi connectivity index (χ1v) is 7.54. The first kappa shape index (κ1) is 15.6. The molecule has 1 aromatic rings. The van der Waals surface area contributed by atoms with E-state index in [4.69, 9.17) is 0 Å². The fourth-order valence-corrected chi connectivity index (χ4v) is 2.08. The Kier molecular flexibility index (Phi) is 6.42. The first-order valence-electron chi connectivity index (χ1n) is 6.32. The molecule has 0 aliphatic heterocycles. The van der Waals surface area contributed by atoms with Crippen LogP contribution in [0.5, 0.6) is 0 Å². The highest BCUT2D eigenvalue weighted by Gasteiger charge is 2.16. The SMILES string of the molecule is CCNC(=O)CN(CC)C(=O)c1ccc(SC)cc1. The summed E-state index contributed by atoms with van der Waals surface area (Å²) in [7, 11) is 0. The van der Waals surface area contributed by atoms with E-state index in [0.717, 1.165) is 4.90 Å². The third-order valence-electron chi connectivity index (χ3n) is 2.71. The minimum Gasteiger partial charge on any atom is -0.355 e. The molecule has 0 fully saturated rings. The zero-order valence-corrected chi connectivity index (χ0v) is 12.4. The number of likely N-dealkylation sites (N-methyl/N-ethyl adjacent to an activating group) is 2. The van der Waals surface area contributed by atoms with E-state index in [9.17, 15) is 9.59 Å². The van der Waals surface area contributed by atoms with Crippen molar-refractivity contribution in [2.24, 2.45) is 0 Å². The summed E-state index contributed by atoms with van der Waals surface area (Å²) < 4.78 is 0. The Morgan fingerprint density at radius 2 is 1.84 bits per heavy atom. The Morgan fingerprint density at radius 3 is 2.32 bits per heavy atom. The number of thioether (sulfide) groups is 1. The van der Waals surface area contributed by atoms with Crippen LogP contribution in [-0.2, 0) is 4.79 Å². The molecule has 0 spiro atoms.